The van der Waals surface area contributed by atoms with Crippen LogP contribution in [0.3, 0.4) is 0 Å². The molecule has 1 aromatic heterocycles. The first-order chi connectivity index (χ1) is 14.3. The maximum Gasteiger partial charge on any atom is 0.254 e. The Balaban J connectivity index is 1.58. The van der Waals surface area contributed by atoms with E-state index in [9.17, 15) is 9.59 Å². The van der Waals surface area contributed by atoms with Gasteiger partial charge in [-0.3, -0.25) is 9.59 Å². The van der Waals surface area contributed by atoms with Gasteiger partial charge in [0, 0.05) is 36.0 Å². The van der Waals surface area contributed by atoms with Crippen LogP contribution in [0.4, 0.5) is 0 Å². The van der Waals surface area contributed by atoms with E-state index in [1.165, 1.54) is 0 Å². The van der Waals surface area contributed by atoms with E-state index in [4.69, 9.17) is 4.52 Å². The maximum atomic E-state index is 13.2. The van der Waals surface area contributed by atoms with Gasteiger partial charge in [0.1, 0.15) is 5.76 Å². The number of hydrogen-bond acceptors (Lipinski definition) is 5. The number of likely N-dealkylation sites (tertiary alicyclic amines) is 1. The highest BCUT2D eigenvalue weighted by Gasteiger charge is 2.29. The summed E-state index contributed by atoms with van der Waals surface area (Å²) >= 11 is 1.58. The van der Waals surface area contributed by atoms with Crippen LogP contribution in [0, 0.1) is 18.8 Å². The van der Waals surface area contributed by atoms with Gasteiger partial charge < -0.3 is 14.7 Å². The number of carbonyl (C=O) groups excluding carboxylic acids is 2. The van der Waals surface area contributed by atoms with Crippen LogP contribution < -0.4 is 5.32 Å². The highest BCUT2D eigenvalue weighted by atomic mass is 32.2. The normalized spacial score (nSPS) is 16.0. The number of rotatable bonds is 7. The van der Waals surface area contributed by atoms with Crippen molar-refractivity contribution in [3.05, 3.63) is 47.3 Å². The second-order valence-electron chi connectivity index (χ2n) is 8.33. The van der Waals surface area contributed by atoms with Crippen LogP contribution in [0.2, 0.25) is 0 Å². The van der Waals surface area contributed by atoms with Gasteiger partial charge in [0.2, 0.25) is 5.91 Å². The molecule has 0 aliphatic carbocycles. The van der Waals surface area contributed by atoms with Crippen molar-refractivity contribution in [2.45, 2.75) is 57.2 Å². The number of thioether (sulfide) groups is 1. The molecule has 162 valence electrons. The number of piperidine rings is 1. The quantitative estimate of drug-likeness (QED) is 0.665. The zero-order valence-electron chi connectivity index (χ0n) is 18.2. The summed E-state index contributed by atoms with van der Waals surface area (Å²) in [5.74, 6) is 1.95. The predicted octanol–water partition coefficient (Wildman–Crippen LogP) is 4.29. The Bertz CT molecular complexity index is 872. The van der Waals surface area contributed by atoms with Gasteiger partial charge in [-0.15, -0.1) is 11.8 Å². The average molecular weight is 430 g/mol. The Hall–Kier alpha value is -2.28. The Morgan fingerprint density at radius 2 is 1.93 bits per heavy atom. The fraction of sp³-hybridized carbons (Fsp3) is 0.522. The Kier molecular flexibility index (Phi) is 7.58. The van der Waals surface area contributed by atoms with Crippen molar-refractivity contribution < 1.29 is 14.1 Å². The molecular weight excluding hydrogens is 398 g/mol. The molecule has 2 aromatic rings. The first-order valence-electron chi connectivity index (χ1n) is 10.6. The number of carbonyl (C=O) groups is 2. The molecule has 2 heterocycles. The van der Waals surface area contributed by atoms with Crippen LogP contribution in [0.25, 0.3) is 0 Å². The molecule has 1 saturated heterocycles. The molecule has 1 aliphatic heterocycles. The molecule has 30 heavy (non-hydrogen) atoms. The molecule has 1 aliphatic rings. The van der Waals surface area contributed by atoms with Crippen LogP contribution in [-0.2, 0) is 10.5 Å². The lowest BCUT2D eigenvalue weighted by atomic mass is 9.94. The molecule has 6 nitrogen and oxygen atoms in total. The Labute approximate surface area is 182 Å². The van der Waals surface area contributed by atoms with Crippen molar-refractivity contribution in [3.8, 4) is 0 Å². The van der Waals surface area contributed by atoms with E-state index in [1.54, 1.807) is 11.8 Å². The van der Waals surface area contributed by atoms with Crippen molar-refractivity contribution >= 4 is 23.6 Å². The lowest BCUT2D eigenvalue weighted by molar-refractivity contribution is -0.127. The molecule has 0 spiro atoms. The third-order valence-electron chi connectivity index (χ3n) is 5.69. The molecule has 1 fully saturated rings. The summed E-state index contributed by atoms with van der Waals surface area (Å²) in [4.78, 5) is 28.5. The topological polar surface area (TPSA) is 75.4 Å². The zero-order valence-corrected chi connectivity index (χ0v) is 19.0. The van der Waals surface area contributed by atoms with Crippen molar-refractivity contribution in [1.82, 2.24) is 15.4 Å². The van der Waals surface area contributed by atoms with Crippen LogP contribution in [0.1, 0.15) is 55.4 Å². The number of nitrogens with zero attached hydrogens (tertiary/aromatic N) is 2. The molecule has 1 atom stereocenters. The molecule has 0 saturated carbocycles. The van der Waals surface area contributed by atoms with E-state index in [1.807, 2.05) is 49.1 Å². The summed E-state index contributed by atoms with van der Waals surface area (Å²) in [5, 5.41) is 7.02. The van der Waals surface area contributed by atoms with Crippen molar-refractivity contribution in [2.75, 3.05) is 13.1 Å². The monoisotopic (exact) mass is 429 g/mol. The number of hydrogen-bond donors (Lipinski definition) is 1. The smallest absolute Gasteiger partial charge is 0.254 e. The first kappa shape index (κ1) is 22.4. The minimum absolute atomic E-state index is 0.0189. The lowest BCUT2D eigenvalue weighted by Crippen LogP contribution is -2.45. The third-order valence-corrected chi connectivity index (χ3v) is 6.78. The summed E-state index contributed by atoms with van der Waals surface area (Å²) in [7, 11) is 0. The van der Waals surface area contributed by atoms with Gasteiger partial charge in [-0.2, -0.15) is 0 Å². The molecule has 2 amide bonds. The highest BCUT2D eigenvalue weighted by Crippen LogP contribution is 2.29. The number of aryl methyl sites for hydroxylation is 1. The predicted molar refractivity (Wildman–Crippen MR) is 118 cm³/mol. The molecule has 0 radical (unpaired) electrons. The maximum absolute atomic E-state index is 13.2. The van der Waals surface area contributed by atoms with Gasteiger partial charge >= 0.3 is 0 Å². The Morgan fingerprint density at radius 1 is 1.23 bits per heavy atom. The SMILES string of the molecule is Cc1cc(CSc2ccccc2C(=O)N2CCC(C(=O)NC(C)C(C)C)CC2)on1. The number of nitrogens with one attached hydrogen (secondary N) is 1. The van der Waals surface area contributed by atoms with E-state index in [-0.39, 0.29) is 23.8 Å². The molecule has 0 bridgehead atoms. The summed E-state index contributed by atoms with van der Waals surface area (Å²) < 4.78 is 5.27. The molecule has 3 rings (SSSR count). The van der Waals surface area contributed by atoms with Gasteiger partial charge in [-0.25, -0.2) is 0 Å². The van der Waals surface area contributed by atoms with Crippen molar-refractivity contribution in [3.63, 3.8) is 0 Å². The zero-order chi connectivity index (χ0) is 21.7. The van der Waals surface area contributed by atoms with Gasteiger partial charge in [-0.05, 0) is 44.7 Å². The van der Waals surface area contributed by atoms with Crippen LogP contribution in [0.5, 0.6) is 0 Å². The van der Waals surface area contributed by atoms with Crippen molar-refractivity contribution in [2.24, 2.45) is 11.8 Å². The lowest BCUT2D eigenvalue weighted by Gasteiger charge is -2.32. The van der Waals surface area contributed by atoms with Gasteiger partial charge in [-0.1, -0.05) is 31.1 Å². The summed E-state index contributed by atoms with van der Waals surface area (Å²) in [5.41, 5.74) is 1.56. The molecule has 1 unspecified atom stereocenters. The van der Waals surface area contributed by atoms with Crippen LogP contribution in [0.15, 0.2) is 39.8 Å². The summed E-state index contributed by atoms with van der Waals surface area (Å²) in [6, 6.07) is 9.75. The number of aromatic nitrogens is 1. The third kappa shape index (κ3) is 5.65. The molecule has 1 N–H and O–H groups in total. The average Bonchev–Trinajstić information content (AvgIpc) is 3.17. The van der Waals surface area contributed by atoms with E-state index in [0.29, 0.717) is 43.2 Å². The number of benzene rings is 1. The van der Waals surface area contributed by atoms with Gasteiger partial charge in [0.15, 0.2) is 0 Å². The largest absolute Gasteiger partial charge is 0.360 e. The standard InChI is InChI=1S/C23H31N3O3S/c1-15(2)17(4)24-22(27)18-9-11-26(12-10-18)23(28)20-7-5-6-8-21(20)30-14-19-13-16(3)25-29-19/h5-8,13,15,17-18H,9-12,14H2,1-4H3,(H,24,27). The fourth-order valence-corrected chi connectivity index (χ4v) is 4.35. The van der Waals surface area contributed by atoms with E-state index < -0.39 is 0 Å². The second-order valence-corrected chi connectivity index (χ2v) is 9.34. The van der Waals surface area contributed by atoms with E-state index in [2.05, 4.69) is 24.3 Å². The number of amides is 2. The van der Waals surface area contributed by atoms with Gasteiger partial charge in [0.25, 0.3) is 5.91 Å². The van der Waals surface area contributed by atoms with Crippen LogP contribution in [-0.4, -0.2) is 41.0 Å². The minimum atomic E-state index is -0.0189. The molecule has 1 aromatic carbocycles. The van der Waals surface area contributed by atoms with Crippen molar-refractivity contribution in [1.29, 1.82) is 0 Å². The second kappa shape index (κ2) is 10.2. The molecule has 7 heteroatoms. The molecular formula is C23H31N3O3S. The van der Waals surface area contributed by atoms with E-state index >= 15 is 0 Å². The fourth-order valence-electron chi connectivity index (χ4n) is 3.43. The van der Waals surface area contributed by atoms with Gasteiger partial charge in [0.05, 0.1) is 17.0 Å². The first-order valence-corrected chi connectivity index (χ1v) is 11.6. The highest BCUT2D eigenvalue weighted by molar-refractivity contribution is 7.98. The summed E-state index contributed by atoms with van der Waals surface area (Å²) in [6.07, 6.45) is 1.41. The van der Waals surface area contributed by atoms with E-state index in [0.717, 1.165) is 16.3 Å². The minimum Gasteiger partial charge on any atom is -0.360 e. The summed E-state index contributed by atoms with van der Waals surface area (Å²) in [6.45, 7) is 9.34. The van der Waals surface area contributed by atoms with Crippen LogP contribution >= 0.6 is 11.8 Å². The Morgan fingerprint density at radius 3 is 2.57 bits per heavy atom.